The summed E-state index contributed by atoms with van der Waals surface area (Å²) in [5.41, 5.74) is 1.30. The SMILES string of the molecule is O=C1CC[C@@]2(CCCN(c3nccc4ccccc34)C2)CN1Cc1ccncc1. The highest BCUT2D eigenvalue weighted by Crippen LogP contribution is 2.41. The van der Waals surface area contributed by atoms with Gasteiger partial charge >= 0.3 is 0 Å². The first kappa shape index (κ1) is 18.1. The summed E-state index contributed by atoms with van der Waals surface area (Å²) < 4.78 is 0. The smallest absolute Gasteiger partial charge is 0.222 e. The van der Waals surface area contributed by atoms with Crippen molar-refractivity contribution in [3.63, 3.8) is 0 Å². The third-order valence-electron chi connectivity index (χ3n) is 6.48. The number of carbonyl (C=O) groups is 1. The summed E-state index contributed by atoms with van der Waals surface area (Å²) in [5, 5.41) is 2.45. The number of pyridine rings is 2. The van der Waals surface area contributed by atoms with Crippen LogP contribution >= 0.6 is 0 Å². The van der Waals surface area contributed by atoms with Crippen LogP contribution in [-0.2, 0) is 11.3 Å². The molecule has 1 atom stereocenters. The highest BCUT2D eigenvalue weighted by Gasteiger charge is 2.42. The number of rotatable bonds is 3. The van der Waals surface area contributed by atoms with Crippen molar-refractivity contribution < 1.29 is 4.79 Å². The predicted octanol–water partition coefficient (Wildman–Crippen LogP) is 4.04. The second-order valence-electron chi connectivity index (χ2n) is 8.49. The molecule has 148 valence electrons. The molecule has 0 aliphatic carbocycles. The van der Waals surface area contributed by atoms with Crippen molar-refractivity contribution in [3.05, 3.63) is 66.6 Å². The number of hydrogen-bond donors (Lipinski definition) is 0. The van der Waals surface area contributed by atoms with Gasteiger partial charge in [-0.3, -0.25) is 9.78 Å². The molecule has 3 aromatic rings. The summed E-state index contributed by atoms with van der Waals surface area (Å²) in [5.74, 6) is 1.35. The maximum atomic E-state index is 12.6. The van der Waals surface area contributed by atoms with Gasteiger partial charge in [0.25, 0.3) is 0 Å². The van der Waals surface area contributed by atoms with Gasteiger partial charge in [-0.25, -0.2) is 4.98 Å². The van der Waals surface area contributed by atoms with Gasteiger partial charge in [0.15, 0.2) is 0 Å². The molecular formula is C24H26N4O. The van der Waals surface area contributed by atoms with Crippen LogP contribution in [0.2, 0.25) is 0 Å². The molecule has 0 bridgehead atoms. The quantitative estimate of drug-likeness (QED) is 0.682. The maximum absolute atomic E-state index is 12.6. The van der Waals surface area contributed by atoms with E-state index in [0.29, 0.717) is 13.0 Å². The number of nitrogens with zero attached hydrogens (tertiary/aromatic N) is 4. The van der Waals surface area contributed by atoms with Crippen LogP contribution < -0.4 is 4.90 Å². The Balaban J connectivity index is 1.39. The number of fused-ring (bicyclic) bond motifs is 1. The van der Waals surface area contributed by atoms with Gasteiger partial charge in [0.05, 0.1) is 0 Å². The largest absolute Gasteiger partial charge is 0.355 e. The molecule has 4 heterocycles. The lowest BCUT2D eigenvalue weighted by molar-refractivity contribution is -0.138. The van der Waals surface area contributed by atoms with E-state index in [4.69, 9.17) is 4.98 Å². The third kappa shape index (κ3) is 3.57. The molecular weight excluding hydrogens is 360 g/mol. The van der Waals surface area contributed by atoms with Crippen molar-refractivity contribution in [2.45, 2.75) is 32.2 Å². The molecule has 1 amide bonds. The molecule has 1 spiro atoms. The molecule has 0 radical (unpaired) electrons. The van der Waals surface area contributed by atoms with Gasteiger partial charge < -0.3 is 9.80 Å². The zero-order chi connectivity index (χ0) is 19.7. The Morgan fingerprint density at radius 1 is 0.966 bits per heavy atom. The molecule has 5 rings (SSSR count). The number of aromatic nitrogens is 2. The van der Waals surface area contributed by atoms with Crippen molar-refractivity contribution in [2.24, 2.45) is 5.41 Å². The van der Waals surface area contributed by atoms with E-state index in [2.05, 4.69) is 45.1 Å². The first-order valence-electron chi connectivity index (χ1n) is 10.5. The maximum Gasteiger partial charge on any atom is 0.222 e. The number of likely N-dealkylation sites (tertiary alicyclic amines) is 1. The van der Waals surface area contributed by atoms with Crippen molar-refractivity contribution in [1.29, 1.82) is 0 Å². The fourth-order valence-corrected chi connectivity index (χ4v) is 5.03. The molecule has 0 N–H and O–H groups in total. The van der Waals surface area contributed by atoms with Gasteiger partial charge in [-0.15, -0.1) is 0 Å². The van der Waals surface area contributed by atoms with Crippen LogP contribution in [0.3, 0.4) is 0 Å². The number of benzene rings is 1. The highest BCUT2D eigenvalue weighted by atomic mass is 16.2. The first-order valence-corrected chi connectivity index (χ1v) is 10.5. The summed E-state index contributed by atoms with van der Waals surface area (Å²) in [6.45, 7) is 3.50. The molecule has 0 unspecified atom stereocenters. The van der Waals surface area contributed by atoms with Crippen LogP contribution in [0.4, 0.5) is 5.82 Å². The summed E-state index contributed by atoms with van der Waals surface area (Å²) in [4.78, 5) is 26.0. The summed E-state index contributed by atoms with van der Waals surface area (Å²) in [6, 6.07) is 14.6. The van der Waals surface area contributed by atoms with E-state index in [-0.39, 0.29) is 11.3 Å². The van der Waals surface area contributed by atoms with Gasteiger partial charge in [-0.05, 0) is 48.4 Å². The predicted molar refractivity (Wildman–Crippen MR) is 115 cm³/mol. The van der Waals surface area contributed by atoms with E-state index in [9.17, 15) is 4.79 Å². The van der Waals surface area contributed by atoms with E-state index in [1.165, 1.54) is 17.2 Å². The molecule has 2 saturated heterocycles. The third-order valence-corrected chi connectivity index (χ3v) is 6.48. The number of anilines is 1. The average molecular weight is 386 g/mol. The standard InChI is InChI=1S/C24H26N4O/c29-22-6-11-24(18-28(22)16-19-7-12-25-13-8-19)10-3-15-27(17-24)23-21-5-2-1-4-20(21)9-14-26-23/h1-2,4-5,7-9,12-14H,3,6,10-11,15-18H2/t24-/m1/s1. The van der Waals surface area contributed by atoms with Crippen LogP contribution in [0.15, 0.2) is 61.1 Å². The zero-order valence-electron chi connectivity index (χ0n) is 16.6. The lowest BCUT2D eigenvalue weighted by Gasteiger charge is -2.48. The fourth-order valence-electron chi connectivity index (χ4n) is 5.03. The number of amides is 1. The highest BCUT2D eigenvalue weighted by molar-refractivity contribution is 5.92. The van der Waals surface area contributed by atoms with Crippen LogP contribution in [0.25, 0.3) is 10.8 Å². The Morgan fingerprint density at radius 2 is 1.83 bits per heavy atom. The van der Waals surface area contributed by atoms with Gasteiger partial charge in [-0.1, -0.05) is 24.3 Å². The van der Waals surface area contributed by atoms with Crippen molar-refractivity contribution >= 4 is 22.5 Å². The van der Waals surface area contributed by atoms with E-state index < -0.39 is 0 Å². The van der Waals surface area contributed by atoms with Crippen LogP contribution in [0.5, 0.6) is 0 Å². The Hall–Kier alpha value is -2.95. The Kier molecular flexibility index (Phi) is 4.66. The zero-order valence-corrected chi connectivity index (χ0v) is 16.6. The average Bonchev–Trinajstić information content (AvgIpc) is 2.77. The molecule has 0 saturated carbocycles. The molecule has 2 fully saturated rings. The Bertz CT molecular complexity index is 1020. The molecule has 2 aromatic heterocycles. The molecule has 2 aliphatic rings. The van der Waals surface area contributed by atoms with Crippen LogP contribution in [-0.4, -0.2) is 40.4 Å². The minimum absolute atomic E-state index is 0.151. The lowest BCUT2D eigenvalue weighted by Crippen LogP contribution is -2.54. The van der Waals surface area contributed by atoms with Gasteiger partial charge in [-0.2, -0.15) is 0 Å². The normalized spacial score (nSPS) is 22.4. The second kappa shape index (κ2) is 7.47. The molecule has 29 heavy (non-hydrogen) atoms. The van der Waals surface area contributed by atoms with Gasteiger partial charge in [0, 0.05) is 62.0 Å². The van der Waals surface area contributed by atoms with Crippen molar-refractivity contribution in [2.75, 3.05) is 24.5 Å². The van der Waals surface area contributed by atoms with Crippen molar-refractivity contribution in [1.82, 2.24) is 14.9 Å². The van der Waals surface area contributed by atoms with Crippen molar-refractivity contribution in [3.8, 4) is 0 Å². The topological polar surface area (TPSA) is 49.3 Å². The summed E-state index contributed by atoms with van der Waals surface area (Å²) in [6.07, 6.45) is 9.44. The number of carbonyl (C=O) groups excluding carboxylic acids is 1. The Morgan fingerprint density at radius 3 is 2.72 bits per heavy atom. The minimum atomic E-state index is 0.151. The fraction of sp³-hybridized carbons (Fsp3) is 0.375. The van der Waals surface area contributed by atoms with Gasteiger partial charge in [0.2, 0.25) is 5.91 Å². The number of hydrogen-bond acceptors (Lipinski definition) is 4. The lowest BCUT2D eigenvalue weighted by atomic mass is 9.73. The molecule has 5 heteroatoms. The van der Waals surface area contributed by atoms with Crippen LogP contribution in [0.1, 0.15) is 31.2 Å². The first-order chi connectivity index (χ1) is 14.2. The minimum Gasteiger partial charge on any atom is -0.355 e. The monoisotopic (exact) mass is 386 g/mol. The summed E-state index contributed by atoms with van der Waals surface area (Å²) >= 11 is 0. The van der Waals surface area contributed by atoms with E-state index in [1.54, 1.807) is 12.4 Å². The molecule has 1 aromatic carbocycles. The number of piperidine rings is 2. The molecule has 2 aliphatic heterocycles. The summed E-state index contributed by atoms with van der Waals surface area (Å²) in [7, 11) is 0. The molecule has 5 nitrogen and oxygen atoms in total. The van der Waals surface area contributed by atoms with E-state index in [1.807, 2.05) is 18.3 Å². The van der Waals surface area contributed by atoms with Gasteiger partial charge in [0.1, 0.15) is 5.82 Å². The Labute approximate surface area is 171 Å². The van der Waals surface area contributed by atoms with E-state index in [0.717, 1.165) is 43.9 Å². The van der Waals surface area contributed by atoms with Crippen LogP contribution in [0, 0.1) is 5.41 Å². The second-order valence-corrected chi connectivity index (χ2v) is 8.49. The van der Waals surface area contributed by atoms with E-state index >= 15 is 0 Å².